The first-order valence-corrected chi connectivity index (χ1v) is 7.17. The molecule has 0 radical (unpaired) electrons. The first-order valence-electron chi connectivity index (χ1n) is 6.25. The number of ether oxygens (including phenoxy) is 1. The number of aryl methyl sites for hydroxylation is 2. The van der Waals surface area contributed by atoms with Crippen LogP contribution in [0.4, 0.5) is 0 Å². The van der Waals surface area contributed by atoms with Crippen molar-refractivity contribution in [3.8, 4) is 11.5 Å². The Morgan fingerprint density at radius 1 is 1.11 bits per heavy atom. The summed E-state index contributed by atoms with van der Waals surface area (Å²) < 4.78 is 5.90. The van der Waals surface area contributed by atoms with E-state index in [1.165, 1.54) is 0 Å². The second kappa shape index (κ2) is 6.31. The average molecular weight is 295 g/mol. The summed E-state index contributed by atoms with van der Waals surface area (Å²) in [6.45, 7) is 4.09. The predicted molar refractivity (Wildman–Crippen MR) is 81.6 cm³/mol. The second-order valence-corrected chi connectivity index (χ2v) is 5.12. The van der Waals surface area contributed by atoms with E-state index in [1.54, 1.807) is 0 Å². The number of hydrogen-bond donors (Lipinski definition) is 0. The maximum absolute atomic E-state index is 6.10. The van der Waals surface area contributed by atoms with Gasteiger partial charge < -0.3 is 4.74 Å². The lowest BCUT2D eigenvalue weighted by atomic mass is 10.1. The second-order valence-electron chi connectivity index (χ2n) is 4.44. The van der Waals surface area contributed by atoms with Gasteiger partial charge in [-0.25, -0.2) is 0 Å². The van der Waals surface area contributed by atoms with Crippen molar-refractivity contribution in [1.29, 1.82) is 0 Å². The van der Waals surface area contributed by atoms with Crippen LogP contribution in [0, 0.1) is 6.92 Å². The minimum Gasteiger partial charge on any atom is -0.457 e. The summed E-state index contributed by atoms with van der Waals surface area (Å²) in [7, 11) is 0. The third-order valence-electron chi connectivity index (χ3n) is 3.02. The smallest absolute Gasteiger partial charge is 0.130 e. The molecule has 0 aliphatic carbocycles. The maximum atomic E-state index is 6.10. The first kappa shape index (κ1) is 14.2. The van der Waals surface area contributed by atoms with Gasteiger partial charge in [0.05, 0.1) is 0 Å². The van der Waals surface area contributed by atoms with Gasteiger partial charge in [0, 0.05) is 10.9 Å². The van der Waals surface area contributed by atoms with Gasteiger partial charge in [0.15, 0.2) is 0 Å². The summed E-state index contributed by atoms with van der Waals surface area (Å²) in [6, 6.07) is 11.7. The molecule has 2 aromatic rings. The van der Waals surface area contributed by atoms with Crippen LogP contribution in [0.3, 0.4) is 0 Å². The van der Waals surface area contributed by atoms with Gasteiger partial charge in [0.2, 0.25) is 0 Å². The van der Waals surface area contributed by atoms with Gasteiger partial charge >= 0.3 is 0 Å². The Bertz CT molecular complexity index is 579. The lowest BCUT2D eigenvalue weighted by molar-refractivity contribution is 0.478. The van der Waals surface area contributed by atoms with Gasteiger partial charge in [0.1, 0.15) is 11.5 Å². The number of hydrogen-bond acceptors (Lipinski definition) is 1. The molecule has 19 heavy (non-hydrogen) atoms. The Morgan fingerprint density at radius 2 is 1.89 bits per heavy atom. The SMILES string of the molecule is CCc1cc(Oc2ccc(CCl)cc2C)ccc1Cl. The molecule has 1 nitrogen and oxygen atoms in total. The number of halogens is 2. The molecule has 0 heterocycles. The Hall–Kier alpha value is -1.18. The van der Waals surface area contributed by atoms with E-state index in [4.69, 9.17) is 27.9 Å². The van der Waals surface area contributed by atoms with Crippen LogP contribution in [0.2, 0.25) is 5.02 Å². The Balaban J connectivity index is 2.26. The highest BCUT2D eigenvalue weighted by Crippen LogP contribution is 2.29. The number of rotatable bonds is 4. The van der Waals surface area contributed by atoms with E-state index < -0.39 is 0 Å². The highest BCUT2D eigenvalue weighted by molar-refractivity contribution is 6.31. The van der Waals surface area contributed by atoms with Crippen LogP contribution < -0.4 is 4.74 Å². The molecular weight excluding hydrogens is 279 g/mol. The molecule has 100 valence electrons. The topological polar surface area (TPSA) is 9.23 Å². The minimum absolute atomic E-state index is 0.516. The van der Waals surface area contributed by atoms with Gasteiger partial charge in [-0.15, -0.1) is 11.6 Å². The molecule has 0 amide bonds. The van der Waals surface area contributed by atoms with Crippen LogP contribution in [0.1, 0.15) is 23.6 Å². The van der Waals surface area contributed by atoms with E-state index in [0.717, 1.165) is 39.6 Å². The quantitative estimate of drug-likeness (QED) is 0.653. The van der Waals surface area contributed by atoms with Gasteiger partial charge in [0.25, 0.3) is 0 Å². The van der Waals surface area contributed by atoms with Crippen molar-refractivity contribution in [2.75, 3.05) is 0 Å². The van der Waals surface area contributed by atoms with E-state index in [-0.39, 0.29) is 0 Å². The molecule has 0 N–H and O–H groups in total. The van der Waals surface area contributed by atoms with E-state index >= 15 is 0 Å². The fourth-order valence-electron chi connectivity index (χ4n) is 1.92. The third kappa shape index (κ3) is 3.43. The van der Waals surface area contributed by atoms with Crippen LogP contribution >= 0.6 is 23.2 Å². The molecule has 0 aliphatic heterocycles. The molecule has 0 fully saturated rings. The lowest BCUT2D eigenvalue weighted by Gasteiger charge is -2.11. The summed E-state index contributed by atoms with van der Waals surface area (Å²) in [5, 5.41) is 0.782. The largest absolute Gasteiger partial charge is 0.457 e. The monoisotopic (exact) mass is 294 g/mol. The van der Waals surface area contributed by atoms with Gasteiger partial charge in [-0.2, -0.15) is 0 Å². The van der Waals surface area contributed by atoms with E-state index in [1.807, 2.05) is 43.3 Å². The minimum atomic E-state index is 0.516. The molecule has 2 aromatic carbocycles. The Morgan fingerprint density at radius 3 is 2.53 bits per heavy atom. The third-order valence-corrected chi connectivity index (χ3v) is 3.70. The van der Waals surface area contributed by atoms with Crippen molar-refractivity contribution < 1.29 is 4.74 Å². The van der Waals surface area contributed by atoms with Crippen LogP contribution in [0.5, 0.6) is 11.5 Å². The highest BCUT2D eigenvalue weighted by atomic mass is 35.5. The number of benzene rings is 2. The van der Waals surface area contributed by atoms with Crippen molar-refractivity contribution in [3.05, 3.63) is 58.1 Å². The fourth-order valence-corrected chi connectivity index (χ4v) is 2.34. The molecule has 0 bridgehead atoms. The van der Waals surface area contributed by atoms with Crippen molar-refractivity contribution in [3.63, 3.8) is 0 Å². The summed E-state index contributed by atoms with van der Waals surface area (Å²) >= 11 is 11.9. The number of alkyl halides is 1. The summed E-state index contributed by atoms with van der Waals surface area (Å²) in [5.41, 5.74) is 3.26. The molecule has 0 saturated heterocycles. The molecule has 0 saturated carbocycles. The van der Waals surface area contributed by atoms with E-state index in [0.29, 0.717) is 5.88 Å². The molecule has 0 spiro atoms. The highest BCUT2D eigenvalue weighted by Gasteiger charge is 2.05. The van der Waals surface area contributed by atoms with Crippen molar-refractivity contribution in [2.45, 2.75) is 26.1 Å². The normalized spacial score (nSPS) is 10.5. The average Bonchev–Trinajstić information content (AvgIpc) is 2.43. The van der Waals surface area contributed by atoms with Gasteiger partial charge in [-0.05, 0) is 54.3 Å². The lowest BCUT2D eigenvalue weighted by Crippen LogP contribution is -1.91. The molecule has 0 unspecified atom stereocenters. The van der Waals surface area contributed by atoms with Gasteiger partial charge in [-0.1, -0.05) is 30.7 Å². The predicted octanol–water partition coefficient (Wildman–Crippen LogP) is 5.74. The fraction of sp³-hybridized carbons (Fsp3) is 0.250. The molecule has 0 aromatic heterocycles. The first-order chi connectivity index (χ1) is 9.13. The van der Waals surface area contributed by atoms with Crippen molar-refractivity contribution in [2.24, 2.45) is 0 Å². The van der Waals surface area contributed by atoms with Crippen LogP contribution in [-0.4, -0.2) is 0 Å². The molecule has 3 heteroatoms. The zero-order chi connectivity index (χ0) is 13.8. The van der Waals surface area contributed by atoms with Crippen molar-refractivity contribution in [1.82, 2.24) is 0 Å². The molecule has 0 atom stereocenters. The van der Waals surface area contributed by atoms with Crippen LogP contribution in [-0.2, 0) is 12.3 Å². The summed E-state index contributed by atoms with van der Waals surface area (Å²) in [5.74, 6) is 2.17. The van der Waals surface area contributed by atoms with Gasteiger partial charge in [-0.3, -0.25) is 0 Å². The maximum Gasteiger partial charge on any atom is 0.130 e. The zero-order valence-corrected chi connectivity index (χ0v) is 12.6. The van der Waals surface area contributed by atoms with Crippen molar-refractivity contribution >= 4 is 23.2 Å². The van der Waals surface area contributed by atoms with Crippen LogP contribution in [0.25, 0.3) is 0 Å². The molecule has 0 aliphatic rings. The summed E-state index contributed by atoms with van der Waals surface area (Å²) in [6.07, 6.45) is 0.889. The standard InChI is InChI=1S/C16H16Cl2O/c1-3-13-9-14(5-6-15(13)18)19-16-7-4-12(10-17)8-11(16)2/h4-9H,3,10H2,1-2H3. The Labute approximate surface area is 124 Å². The van der Waals surface area contributed by atoms with Crippen LogP contribution in [0.15, 0.2) is 36.4 Å². The van der Waals surface area contributed by atoms with E-state index in [2.05, 4.69) is 6.92 Å². The Kier molecular flexibility index (Phi) is 4.73. The zero-order valence-electron chi connectivity index (χ0n) is 11.0. The summed E-state index contributed by atoms with van der Waals surface area (Å²) in [4.78, 5) is 0. The molecular formula is C16H16Cl2O. The van der Waals surface area contributed by atoms with E-state index in [9.17, 15) is 0 Å². The molecule has 2 rings (SSSR count).